The van der Waals surface area contributed by atoms with Gasteiger partial charge >= 0.3 is 0 Å². The number of rotatable bonds is 6. The zero-order valence-electron chi connectivity index (χ0n) is 15.3. The lowest BCUT2D eigenvalue weighted by molar-refractivity contribution is -0.134. The van der Waals surface area contributed by atoms with Crippen LogP contribution in [0.4, 0.5) is 0 Å². The van der Waals surface area contributed by atoms with E-state index in [0.717, 1.165) is 36.7 Å². The molecule has 2 unspecified atom stereocenters. The van der Waals surface area contributed by atoms with E-state index in [-0.39, 0.29) is 5.91 Å². The van der Waals surface area contributed by atoms with Crippen LogP contribution < -0.4 is 0 Å². The highest BCUT2D eigenvalue weighted by Crippen LogP contribution is 2.26. The van der Waals surface area contributed by atoms with Gasteiger partial charge in [0.15, 0.2) is 5.16 Å². The van der Waals surface area contributed by atoms with E-state index in [0.29, 0.717) is 17.8 Å². The molecule has 1 amide bonds. The molecule has 1 fully saturated rings. The Morgan fingerprint density at radius 2 is 1.91 bits per heavy atom. The van der Waals surface area contributed by atoms with Crippen molar-refractivity contribution in [2.75, 3.05) is 5.75 Å². The first-order valence-corrected chi connectivity index (χ1v) is 9.92. The molecule has 2 atom stereocenters. The summed E-state index contributed by atoms with van der Waals surface area (Å²) in [6.45, 7) is 11.7. The fourth-order valence-electron chi connectivity index (χ4n) is 3.43. The van der Waals surface area contributed by atoms with E-state index < -0.39 is 0 Å². The average molecular weight is 338 g/mol. The minimum Gasteiger partial charge on any atom is -0.337 e. The van der Waals surface area contributed by atoms with Gasteiger partial charge in [-0.3, -0.25) is 4.79 Å². The first-order valence-electron chi connectivity index (χ1n) is 8.93. The molecule has 0 aliphatic carbocycles. The topological polar surface area (TPSA) is 38.1 Å². The van der Waals surface area contributed by atoms with Crippen LogP contribution in [0, 0.1) is 13.8 Å². The molecule has 1 aromatic rings. The fourth-order valence-corrected chi connectivity index (χ4v) is 4.41. The first-order chi connectivity index (χ1) is 11.0. The second-order valence-corrected chi connectivity index (χ2v) is 7.73. The summed E-state index contributed by atoms with van der Waals surface area (Å²) < 4.78 is 2.28. The van der Waals surface area contributed by atoms with E-state index in [1.807, 2.05) is 0 Å². The number of carbonyl (C=O) groups excluding carboxylic acids is 1. The number of aromatic nitrogens is 2. The van der Waals surface area contributed by atoms with Crippen molar-refractivity contribution < 1.29 is 4.79 Å². The summed E-state index contributed by atoms with van der Waals surface area (Å²) in [7, 11) is 0. The van der Waals surface area contributed by atoms with Gasteiger partial charge in [0.2, 0.25) is 5.91 Å². The molecule has 0 bridgehead atoms. The number of hydrogen-bond acceptors (Lipinski definition) is 3. The molecule has 0 N–H and O–H groups in total. The Bertz CT molecular complexity index is 531. The maximum absolute atomic E-state index is 12.7. The Balaban J connectivity index is 2.02. The van der Waals surface area contributed by atoms with E-state index in [1.54, 1.807) is 11.8 Å². The van der Waals surface area contributed by atoms with Crippen molar-refractivity contribution in [2.24, 2.45) is 0 Å². The first kappa shape index (κ1) is 18.4. The van der Waals surface area contributed by atoms with E-state index in [4.69, 9.17) is 0 Å². The minimum atomic E-state index is 0.259. The number of likely N-dealkylation sites (tertiary alicyclic amines) is 1. The number of thioether (sulfide) groups is 1. The van der Waals surface area contributed by atoms with Gasteiger partial charge in [0.1, 0.15) is 0 Å². The largest absolute Gasteiger partial charge is 0.337 e. The van der Waals surface area contributed by atoms with Crippen LogP contribution in [0.5, 0.6) is 0 Å². The third kappa shape index (κ3) is 4.31. The highest BCUT2D eigenvalue weighted by molar-refractivity contribution is 7.99. The summed E-state index contributed by atoms with van der Waals surface area (Å²) in [5.41, 5.74) is 2.31. The van der Waals surface area contributed by atoms with Crippen LogP contribution in [-0.4, -0.2) is 38.2 Å². The SMILES string of the molecule is CCCCn1c(SCC(=O)N2C(C)CCCC2C)nc(C)c1C. The number of unbranched alkanes of at least 4 members (excludes halogenated alkanes) is 1. The Hall–Kier alpha value is -0.970. The predicted molar refractivity (Wildman–Crippen MR) is 97.0 cm³/mol. The molecule has 4 nitrogen and oxygen atoms in total. The van der Waals surface area contributed by atoms with Crippen LogP contribution in [0.1, 0.15) is 64.3 Å². The molecule has 1 aliphatic rings. The third-order valence-electron chi connectivity index (χ3n) is 4.96. The van der Waals surface area contributed by atoms with Crippen molar-refractivity contribution in [2.45, 2.75) is 90.5 Å². The van der Waals surface area contributed by atoms with Gasteiger partial charge in [0, 0.05) is 24.3 Å². The van der Waals surface area contributed by atoms with Crippen LogP contribution in [0.2, 0.25) is 0 Å². The second-order valence-electron chi connectivity index (χ2n) is 6.79. The monoisotopic (exact) mass is 337 g/mol. The number of amides is 1. The molecular formula is C18H31N3OS. The van der Waals surface area contributed by atoms with Gasteiger partial charge in [-0.15, -0.1) is 0 Å². The molecule has 0 radical (unpaired) electrons. The third-order valence-corrected chi connectivity index (χ3v) is 5.93. The molecule has 2 heterocycles. The standard InChI is InChI=1S/C18H31N3OS/c1-6-7-11-20-16(5)15(4)19-18(20)23-12-17(22)21-13(2)9-8-10-14(21)3/h13-14H,6-12H2,1-5H3. The van der Waals surface area contributed by atoms with Crippen molar-refractivity contribution in [3.05, 3.63) is 11.4 Å². The average Bonchev–Trinajstić information content (AvgIpc) is 2.77. The van der Waals surface area contributed by atoms with Crippen molar-refractivity contribution in [3.63, 3.8) is 0 Å². The smallest absolute Gasteiger partial charge is 0.233 e. The Morgan fingerprint density at radius 1 is 1.26 bits per heavy atom. The van der Waals surface area contributed by atoms with Gasteiger partial charge in [-0.1, -0.05) is 25.1 Å². The predicted octanol–water partition coefficient (Wildman–Crippen LogP) is 4.18. The van der Waals surface area contributed by atoms with E-state index >= 15 is 0 Å². The van der Waals surface area contributed by atoms with Gasteiger partial charge in [-0.25, -0.2) is 4.98 Å². The lowest BCUT2D eigenvalue weighted by Crippen LogP contribution is -2.48. The number of aryl methyl sites for hydroxylation is 1. The molecule has 2 rings (SSSR count). The molecule has 0 aromatic carbocycles. The quantitative estimate of drug-likeness (QED) is 0.731. The van der Waals surface area contributed by atoms with Crippen LogP contribution in [0.15, 0.2) is 5.16 Å². The van der Waals surface area contributed by atoms with Gasteiger partial charge in [-0.05, 0) is 53.4 Å². The number of hydrogen-bond donors (Lipinski definition) is 0. The van der Waals surface area contributed by atoms with E-state index in [1.165, 1.54) is 18.5 Å². The van der Waals surface area contributed by atoms with E-state index in [2.05, 4.69) is 49.1 Å². The zero-order valence-corrected chi connectivity index (χ0v) is 16.1. The normalized spacial score (nSPS) is 21.7. The summed E-state index contributed by atoms with van der Waals surface area (Å²) >= 11 is 1.60. The number of piperidine rings is 1. The Morgan fingerprint density at radius 3 is 2.52 bits per heavy atom. The summed E-state index contributed by atoms with van der Waals surface area (Å²) in [5.74, 6) is 0.756. The molecule has 0 spiro atoms. The van der Waals surface area contributed by atoms with Crippen molar-refractivity contribution in [1.82, 2.24) is 14.5 Å². The lowest BCUT2D eigenvalue weighted by Gasteiger charge is -2.39. The van der Waals surface area contributed by atoms with Gasteiger partial charge in [0.25, 0.3) is 0 Å². The van der Waals surface area contributed by atoms with Gasteiger partial charge in [0.05, 0.1) is 11.4 Å². The molecule has 0 saturated carbocycles. The van der Waals surface area contributed by atoms with Crippen LogP contribution in [-0.2, 0) is 11.3 Å². The molecule has 1 aromatic heterocycles. The van der Waals surface area contributed by atoms with Crippen LogP contribution in [0.3, 0.4) is 0 Å². The zero-order chi connectivity index (χ0) is 17.0. The summed E-state index contributed by atoms with van der Waals surface area (Å²) in [5, 5.41) is 0.999. The van der Waals surface area contributed by atoms with Crippen molar-refractivity contribution in [3.8, 4) is 0 Å². The van der Waals surface area contributed by atoms with Crippen molar-refractivity contribution in [1.29, 1.82) is 0 Å². The second kappa shape index (κ2) is 8.22. The van der Waals surface area contributed by atoms with Crippen LogP contribution in [0.25, 0.3) is 0 Å². The number of imidazole rings is 1. The number of carbonyl (C=O) groups is 1. The minimum absolute atomic E-state index is 0.259. The lowest BCUT2D eigenvalue weighted by atomic mass is 9.98. The molecule has 1 saturated heterocycles. The Kier molecular flexibility index (Phi) is 6.57. The molecule has 5 heteroatoms. The van der Waals surface area contributed by atoms with Crippen molar-refractivity contribution >= 4 is 17.7 Å². The van der Waals surface area contributed by atoms with Crippen LogP contribution >= 0.6 is 11.8 Å². The summed E-state index contributed by atoms with van der Waals surface area (Å²) in [6.07, 6.45) is 5.81. The summed E-state index contributed by atoms with van der Waals surface area (Å²) in [6, 6.07) is 0.741. The van der Waals surface area contributed by atoms with Gasteiger partial charge < -0.3 is 9.47 Å². The highest BCUT2D eigenvalue weighted by Gasteiger charge is 2.29. The highest BCUT2D eigenvalue weighted by atomic mass is 32.2. The summed E-state index contributed by atoms with van der Waals surface area (Å²) in [4.78, 5) is 19.4. The van der Waals surface area contributed by atoms with Gasteiger partial charge in [-0.2, -0.15) is 0 Å². The Labute approximate surface area is 145 Å². The number of nitrogens with zero attached hydrogens (tertiary/aromatic N) is 3. The fraction of sp³-hybridized carbons (Fsp3) is 0.778. The maximum Gasteiger partial charge on any atom is 0.233 e. The maximum atomic E-state index is 12.7. The van der Waals surface area contributed by atoms with E-state index in [9.17, 15) is 4.79 Å². The molecule has 23 heavy (non-hydrogen) atoms. The molecular weight excluding hydrogens is 306 g/mol. The molecule has 130 valence electrons. The molecule has 1 aliphatic heterocycles.